The Morgan fingerprint density at radius 2 is 1.59 bits per heavy atom. The van der Waals surface area contributed by atoms with Crippen molar-refractivity contribution in [2.24, 2.45) is 10.9 Å². The van der Waals surface area contributed by atoms with Crippen LogP contribution >= 0.6 is 0 Å². The first-order chi connectivity index (χ1) is 21.3. The van der Waals surface area contributed by atoms with E-state index in [4.69, 9.17) is 9.73 Å². The molecule has 4 nitrogen and oxygen atoms in total. The lowest BCUT2D eigenvalue weighted by atomic mass is 9.67. The lowest BCUT2D eigenvalue weighted by Crippen LogP contribution is -2.43. The number of aliphatic hydroxyl groups is 1. The smallest absolute Gasteiger partial charge is 0.212 e. The highest BCUT2D eigenvalue weighted by Crippen LogP contribution is 2.49. The van der Waals surface area contributed by atoms with E-state index in [1.807, 2.05) is 12.1 Å². The third-order valence-electron chi connectivity index (χ3n) is 9.29. The molecule has 44 heavy (non-hydrogen) atoms. The van der Waals surface area contributed by atoms with Gasteiger partial charge in [-0.25, -0.2) is 4.99 Å². The van der Waals surface area contributed by atoms with Gasteiger partial charge in [0.15, 0.2) is 0 Å². The predicted octanol–water partition coefficient (Wildman–Crippen LogP) is 8.21. The third kappa shape index (κ3) is 5.80. The zero-order chi connectivity index (χ0) is 30.7. The van der Waals surface area contributed by atoms with Gasteiger partial charge in [0, 0.05) is 30.5 Å². The molecule has 4 aromatic carbocycles. The molecule has 6 rings (SSSR count). The summed E-state index contributed by atoms with van der Waals surface area (Å²) in [5.74, 6) is 0.194. The quantitative estimate of drug-likeness (QED) is 0.216. The fourth-order valence-electron chi connectivity index (χ4n) is 6.91. The Balaban J connectivity index is 1.52. The third-order valence-corrected chi connectivity index (χ3v) is 9.29. The van der Waals surface area contributed by atoms with Gasteiger partial charge in [-0.1, -0.05) is 133 Å². The molecule has 0 saturated heterocycles. The van der Waals surface area contributed by atoms with Gasteiger partial charge in [0.1, 0.15) is 5.60 Å². The molecule has 0 amide bonds. The summed E-state index contributed by atoms with van der Waals surface area (Å²) in [5, 5.41) is 15.6. The second-order valence-electron chi connectivity index (χ2n) is 12.5. The summed E-state index contributed by atoms with van der Waals surface area (Å²) in [6.07, 6.45) is 9.39. The van der Waals surface area contributed by atoms with Crippen molar-refractivity contribution in [2.75, 3.05) is 20.7 Å². The average molecular weight is 583 g/mol. The SMILES string of the molecule is COC1=NC2(C)C=CC(C)=CC2C=C1C(c1ccccc1)C(O)(CCN(C)Cc1ccccc1)c1cccc2ccccc12. The number of rotatable bonds is 9. The van der Waals surface area contributed by atoms with Gasteiger partial charge >= 0.3 is 0 Å². The van der Waals surface area contributed by atoms with Crippen molar-refractivity contribution in [3.8, 4) is 0 Å². The minimum absolute atomic E-state index is 0.0464. The molecule has 1 heterocycles. The van der Waals surface area contributed by atoms with Crippen LogP contribution in [0.1, 0.15) is 42.9 Å². The lowest BCUT2D eigenvalue weighted by Gasteiger charge is -2.43. The summed E-state index contributed by atoms with van der Waals surface area (Å²) in [4.78, 5) is 7.51. The van der Waals surface area contributed by atoms with Crippen LogP contribution in [0.2, 0.25) is 0 Å². The molecular formula is C40H42N2O2. The van der Waals surface area contributed by atoms with Gasteiger partial charge in [-0.2, -0.15) is 0 Å². The number of nitrogens with zero attached hydrogens (tertiary/aromatic N) is 2. The lowest BCUT2D eigenvalue weighted by molar-refractivity contribution is 0.00317. The van der Waals surface area contributed by atoms with Crippen LogP contribution in [-0.4, -0.2) is 42.1 Å². The van der Waals surface area contributed by atoms with Gasteiger partial charge in [0.2, 0.25) is 5.90 Å². The number of allylic oxidation sites excluding steroid dienone is 2. The summed E-state index contributed by atoms with van der Waals surface area (Å²) in [6, 6.07) is 35.5. The Hall–Kier alpha value is -4.25. The molecule has 4 atom stereocenters. The monoisotopic (exact) mass is 582 g/mol. The Morgan fingerprint density at radius 1 is 0.909 bits per heavy atom. The molecule has 4 aromatic rings. The molecule has 4 heteroatoms. The summed E-state index contributed by atoms with van der Waals surface area (Å²) in [7, 11) is 3.82. The molecular weight excluding hydrogens is 540 g/mol. The summed E-state index contributed by atoms with van der Waals surface area (Å²) < 4.78 is 6.08. The van der Waals surface area contributed by atoms with E-state index in [9.17, 15) is 5.11 Å². The Morgan fingerprint density at radius 3 is 2.34 bits per heavy atom. The van der Waals surface area contributed by atoms with Crippen molar-refractivity contribution in [1.82, 2.24) is 4.90 Å². The van der Waals surface area contributed by atoms with Gasteiger partial charge in [-0.15, -0.1) is 0 Å². The van der Waals surface area contributed by atoms with E-state index in [0.29, 0.717) is 18.9 Å². The van der Waals surface area contributed by atoms with E-state index in [-0.39, 0.29) is 5.92 Å². The van der Waals surface area contributed by atoms with Crippen molar-refractivity contribution in [3.05, 3.63) is 155 Å². The molecule has 0 radical (unpaired) electrons. The number of methoxy groups -OCH3 is 1. The van der Waals surface area contributed by atoms with Crippen molar-refractivity contribution < 1.29 is 9.84 Å². The zero-order valence-electron chi connectivity index (χ0n) is 26.2. The fraction of sp³-hybridized carbons (Fsp3) is 0.275. The Bertz CT molecular complexity index is 1730. The number of hydrogen-bond donors (Lipinski definition) is 1. The van der Waals surface area contributed by atoms with E-state index < -0.39 is 17.1 Å². The van der Waals surface area contributed by atoms with Crippen LogP contribution < -0.4 is 0 Å². The second kappa shape index (κ2) is 12.4. The first kappa shape index (κ1) is 29.8. The number of ether oxygens (including phenoxy) is 1. The molecule has 0 fully saturated rings. The van der Waals surface area contributed by atoms with E-state index in [1.165, 1.54) is 11.1 Å². The van der Waals surface area contributed by atoms with Crippen LogP contribution in [0, 0.1) is 5.92 Å². The summed E-state index contributed by atoms with van der Waals surface area (Å²) in [6.45, 7) is 5.76. The Kier molecular flexibility index (Phi) is 8.40. The maximum absolute atomic E-state index is 13.5. The molecule has 1 N–H and O–H groups in total. The average Bonchev–Trinajstić information content (AvgIpc) is 3.05. The predicted molar refractivity (Wildman–Crippen MR) is 182 cm³/mol. The fourth-order valence-corrected chi connectivity index (χ4v) is 6.91. The highest BCUT2D eigenvalue weighted by atomic mass is 16.5. The summed E-state index contributed by atoms with van der Waals surface area (Å²) in [5.41, 5.74) is 3.60. The maximum Gasteiger partial charge on any atom is 0.212 e. The van der Waals surface area contributed by atoms with Gasteiger partial charge in [0.25, 0.3) is 0 Å². The number of fused-ring (bicyclic) bond motifs is 2. The van der Waals surface area contributed by atoms with Crippen LogP contribution in [0.15, 0.2) is 144 Å². The van der Waals surface area contributed by atoms with Gasteiger partial charge < -0.3 is 14.7 Å². The topological polar surface area (TPSA) is 45.1 Å². The highest BCUT2D eigenvalue weighted by Gasteiger charge is 2.47. The minimum Gasteiger partial charge on any atom is -0.481 e. The molecule has 0 bridgehead atoms. The molecule has 4 unspecified atom stereocenters. The van der Waals surface area contributed by atoms with Crippen molar-refractivity contribution in [2.45, 2.75) is 43.9 Å². The van der Waals surface area contributed by atoms with E-state index in [1.54, 1.807) is 7.11 Å². The van der Waals surface area contributed by atoms with Crippen LogP contribution in [0.5, 0.6) is 0 Å². The number of hydrogen-bond acceptors (Lipinski definition) is 4. The number of aliphatic imine (C=N–C) groups is 1. The molecule has 224 valence electrons. The Labute approximate surface area is 261 Å². The van der Waals surface area contributed by atoms with E-state index in [0.717, 1.165) is 34.0 Å². The van der Waals surface area contributed by atoms with E-state index in [2.05, 4.69) is 141 Å². The number of benzene rings is 4. The van der Waals surface area contributed by atoms with Crippen molar-refractivity contribution >= 4 is 16.7 Å². The molecule has 0 saturated carbocycles. The summed E-state index contributed by atoms with van der Waals surface area (Å²) >= 11 is 0. The van der Waals surface area contributed by atoms with Crippen molar-refractivity contribution in [1.29, 1.82) is 0 Å². The largest absolute Gasteiger partial charge is 0.481 e. The van der Waals surface area contributed by atoms with E-state index >= 15 is 0 Å². The molecule has 1 aliphatic carbocycles. The zero-order valence-corrected chi connectivity index (χ0v) is 26.2. The first-order valence-electron chi connectivity index (χ1n) is 15.5. The van der Waals surface area contributed by atoms with Crippen LogP contribution in [-0.2, 0) is 16.9 Å². The molecule has 2 aliphatic rings. The number of dihydropyridines is 1. The normalized spacial score (nSPS) is 21.6. The molecule has 1 aliphatic heterocycles. The van der Waals surface area contributed by atoms with Crippen LogP contribution in [0.25, 0.3) is 10.8 Å². The highest BCUT2D eigenvalue weighted by molar-refractivity contribution is 5.97. The standard InChI is InChI=1S/C40H42N2O2/c1-29-22-23-39(2)33(26-29)27-35(38(41-39)44-4)37(32-17-9-6-10-18-32)40(43,24-25-42(3)28-30-14-7-5-8-15-30)36-21-13-19-31-16-11-12-20-34(31)36/h5-23,26-27,33,37,43H,24-25,28H2,1-4H3. The minimum atomic E-state index is -1.28. The van der Waals surface area contributed by atoms with Gasteiger partial charge in [-0.05, 0) is 54.8 Å². The van der Waals surface area contributed by atoms with Crippen LogP contribution in [0.4, 0.5) is 0 Å². The first-order valence-corrected chi connectivity index (χ1v) is 15.5. The second-order valence-corrected chi connectivity index (χ2v) is 12.5. The van der Waals surface area contributed by atoms with Crippen molar-refractivity contribution in [3.63, 3.8) is 0 Å². The molecule has 0 spiro atoms. The maximum atomic E-state index is 13.5. The van der Waals surface area contributed by atoms with Gasteiger partial charge in [0.05, 0.1) is 12.6 Å². The molecule has 0 aromatic heterocycles. The van der Waals surface area contributed by atoms with Gasteiger partial charge in [-0.3, -0.25) is 0 Å². The van der Waals surface area contributed by atoms with Crippen LogP contribution in [0.3, 0.4) is 0 Å².